The predicted molar refractivity (Wildman–Crippen MR) is 86.0 cm³/mol. The van der Waals surface area contributed by atoms with Crippen LogP contribution in [0, 0.1) is 11.8 Å². The number of carboxylic acid groups (broad SMARTS) is 1. The normalized spacial score (nSPS) is 24.2. The fraction of sp³-hybridized carbons (Fsp3) is 0.368. The summed E-state index contributed by atoms with van der Waals surface area (Å²) in [5.74, 6) is -2.37. The first-order valence-corrected chi connectivity index (χ1v) is 8.06. The van der Waals surface area contributed by atoms with Crippen molar-refractivity contribution in [2.75, 3.05) is 13.1 Å². The number of carbonyl (C=O) groups excluding carboxylic acids is 2. The van der Waals surface area contributed by atoms with Crippen molar-refractivity contribution in [1.29, 1.82) is 0 Å². The summed E-state index contributed by atoms with van der Waals surface area (Å²) in [4.78, 5) is 25.7. The second-order valence-corrected chi connectivity index (χ2v) is 6.10. The molecule has 0 fully saturated rings. The molecule has 23 heavy (non-hydrogen) atoms. The predicted octanol–water partition coefficient (Wildman–Crippen LogP) is 1.63. The molecule has 1 aliphatic heterocycles. The molecule has 4 nitrogen and oxygen atoms in total. The average molecular weight is 310 g/mol. The van der Waals surface area contributed by atoms with Gasteiger partial charge in [-0.2, -0.15) is 0 Å². The topological polar surface area (TPSA) is 60.4 Å². The van der Waals surface area contributed by atoms with Crippen molar-refractivity contribution in [1.82, 2.24) is 4.90 Å². The average Bonchev–Trinajstić information content (AvgIpc) is 2.62. The van der Waals surface area contributed by atoms with Gasteiger partial charge in [0.1, 0.15) is 0 Å². The molecule has 0 N–H and O–H groups in total. The highest BCUT2D eigenvalue weighted by atomic mass is 16.4. The first-order valence-electron chi connectivity index (χ1n) is 8.06. The van der Waals surface area contributed by atoms with Crippen LogP contribution < -0.4 is 5.11 Å². The Balaban J connectivity index is 1.69. The lowest BCUT2D eigenvalue weighted by atomic mass is 9.82. The number of carbonyl (C=O) groups is 2. The minimum absolute atomic E-state index is 0.0630. The van der Waals surface area contributed by atoms with Crippen molar-refractivity contribution in [3.63, 3.8) is 0 Å². The first-order chi connectivity index (χ1) is 11.2. The molecule has 0 spiro atoms. The summed E-state index contributed by atoms with van der Waals surface area (Å²) in [6.45, 7) is 1.18. The largest absolute Gasteiger partial charge is 0.550 e. The minimum atomic E-state index is -1.12. The van der Waals surface area contributed by atoms with Crippen LogP contribution in [0.3, 0.4) is 0 Å². The molecule has 0 radical (unpaired) electrons. The van der Waals surface area contributed by atoms with E-state index in [2.05, 4.69) is 18.2 Å². The van der Waals surface area contributed by atoms with Crippen molar-refractivity contribution in [2.45, 2.75) is 19.3 Å². The van der Waals surface area contributed by atoms with Gasteiger partial charge in [0.2, 0.25) is 5.91 Å². The third-order valence-corrected chi connectivity index (χ3v) is 4.72. The number of hydrogen-bond donors (Lipinski definition) is 0. The first kappa shape index (κ1) is 15.5. The highest BCUT2D eigenvalue weighted by Gasteiger charge is 2.33. The lowest BCUT2D eigenvalue weighted by Crippen LogP contribution is -2.46. The Morgan fingerprint density at radius 1 is 1.04 bits per heavy atom. The van der Waals surface area contributed by atoms with Crippen molar-refractivity contribution < 1.29 is 14.7 Å². The number of aliphatic carboxylic acids is 1. The van der Waals surface area contributed by atoms with Gasteiger partial charge in [-0.05, 0) is 30.4 Å². The Morgan fingerprint density at radius 2 is 1.74 bits per heavy atom. The van der Waals surface area contributed by atoms with Crippen LogP contribution in [0.1, 0.15) is 24.8 Å². The number of amides is 1. The van der Waals surface area contributed by atoms with Crippen LogP contribution in [0.4, 0.5) is 0 Å². The van der Waals surface area contributed by atoms with E-state index in [1.807, 2.05) is 30.4 Å². The summed E-state index contributed by atoms with van der Waals surface area (Å²) in [6.07, 6.45) is 7.48. The van der Waals surface area contributed by atoms with Crippen LogP contribution in [0.5, 0.6) is 0 Å². The third-order valence-electron chi connectivity index (χ3n) is 4.72. The van der Waals surface area contributed by atoms with Crippen LogP contribution in [-0.2, 0) is 9.59 Å². The number of allylic oxidation sites excluding steroid dienone is 2. The van der Waals surface area contributed by atoms with Gasteiger partial charge in [0.05, 0.1) is 0 Å². The molecule has 2 aliphatic rings. The second kappa shape index (κ2) is 6.82. The zero-order valence-electron chi connectivity index (χ0n) is 13.0. The maximum atomic E-state index is 12.7. The zero-order chi connectivity index (χ0) is 16.2. The van der Waals surface area contributed by atoms with E-state index >= 15 is 0 Å². The molecule has 1 aliphatic carbocycles. The molecular weight excluding hydrogens is 290 g/mol. The maximum Gasteiger partial charge on any atom is 0.226 e. The van der Waals surface area contributed by atoms with Gasteiger partial charge in [0.25, 0.3) is 0 Å². The fourth-order valence-electron chi connectivity index (χ4n) is 3.37. The summed E-state index contributed by atoms with van der Waals surface area (Å²) in [6, 6.07) is 10.1. The third kappa shape index (κ3) is 3.36. The van der Waals surface area contributed by atoms with Crippen LogP contribution in [0.15, 0.2) is 48.6 Å². The van der Waals surface area contributed by atoms with E-state index < -0.39 is 17.8 Å². The van der Waals surface area contributed by atoms with Crippen molar-refractivity contribution >= 4 is 17.4 Å². The fourth-order valence-corrected chi connectivity index (χ4v) is 3.37. The van der Waals surface area contributed by atoms with Gasteiger partial charge in [-0.25, -0.2) is 0 Å². The molecule has 1 aromatic rings. The monoisotopic (exact) mass is 310 g/mol. The van der Waals surface area contributed by atoms with E-state index in [1.54, 1.807) is 4.90 Å². The Bertz CT molecular complexity index is 648. The number of benzene rings is 1. The van der Waals surface area contributed by atoms with E-state index in [-0.39, 0.29) is 5.91 Å². The van der Waals surface area contributed by atoms with Crippen molar-refractivity contribution in [2.24, 2.45) is 11.8 Å². The van der Waals surface area contributed by atoms with Gasteiger partial charge in [0, 0.05) is 30.9 Å². The van der Waals surface area contributed by atoms with Crippen LogP contribution in [0.25, 0.3) is 5.57 Å². The van der Waals surface area contributed by atoms with Gasteiger partial charge in [-0.1, -0.05) is 48.6 Å². The van der Waals surface area contributed by atoms with Gasteiger partial charge in [-0.3, -0.25) is 4.79 Å². The van der Waals surface area contributed by atoms with Crippen molar-refractivity contribution in [3.8, 4) is 0 Å². The highest BCUT2D eigenvalue weighted by Crippen LogP contribution is 2.29. The molecule has 0 saturated carbocycles. The molecule has 2 atom stereocenters. The van der Waals surface area contributed by atoms with Gasteiger partial charge < -0.3 is 14.8 Å². The molecule has 4 heteroatoms. The summed E-state index contributed by atoms with van der Waals surface area (Å²) < 4.78 is 0. The standard InChI is InChI=1S/C19H21NO3/c21-18(16-8-4-5-9-17(16)19(22)23)20-12-10-15(11-13-20)14-6-2-1-3-7-14/h1-7,10,16-17H,8-9,11-13H2,(H,22,23)/p-1/t16-,17-/m0/s1. The zero-order valence-corrected chi connectivity index (χ0v) is 13.0. The van der Waals surface area contributed by atoms with Crippen molar-refractivity contribution in [3.05, 3.63) is 54.1 Å². The van der Waals surface area contributed by atoms with Crippen LogP contribution >= 0.6 is 0 Å². The van der Waals surface area contributed by atoms with E-state index in [0.717, 1.165) is 6.42 Å². The van der Waals surface area contributed by atoms with Crippen LogP contribution in [0.2, 0.25) is 0 Å². The Kier molecular flexibility index (Phi) is 4.60. The molecule has 0 saturated heterocycles. The SMILES string of the molecule is O=C([O-])[C@H]1CC=CC[C@@H]1C(=O)N1CC=C(c2ccccc2)CC1. The second-order valence-electron chi connectivity index (χ2n) is 6.10. The molecular formula is C19H20NO3-. The quantitative estimate of drug-likeness (QED) is 0.797. The molecule has 1 aromatic carbocycles. The van der Waals surface area contributed by atoms with E-state index in [1.165, 1.54) is 11.1 Å². The molecule has 3 rings (SSSR count). The summed E-state index contributed by atoms with van der Waals surface area (Å²) in [5.41, 5.74) is 2.43. The number of carboxylic acids is 1. The summed E-state index contributed by atoms with van der Waals surface area (Å²) in [5, 5.41) is 11.3. The Labute approximate surface area is 136 Å². The van der Waals surface area contributed by atoms with Gasteiger partial charge in [0.15, 0.2) is 0 Å². The van der Waals surface area contributed by atoms with E-state index in [0.29, 0.717) is 25.9 Å². The van der Waals surface area contributed by atoms with Gasteiger partial charge >= 0.3 is 0 Å². The number of nitrogens with zero attached hydrogens (tertiary/aromatic N) is 1. The van der Waals surface area contributed by atoms with Crippen LogP contribution in [-0.4, -0.2) is 29.9 Å². The maximum absolute atomic E-state index is 12.7. The smallest absolute Gasteiger partial charge is 0.226 e. The summed E-state index contributed by atoms with van der Waals surface area (Å²) >= 11 is 0. The van der Waals surface area contributed by atoms with E-state index in [9.17, 15) is 14.7 Å². The Morgan fingerprint density at radius 3 is 2.35 bits per heavy atom. The van der Waals surface area contributed by atoms with E-state index in [4.69, 9.17) is 0 Å². The number of rotatable bonds is 3. The highest BCUT2D eigenvalue weighted by molar-refractivity contribution is 5.85. The molecule has 1 amide bonds. The molecule has 0 bridgehead atoms. The molecule has 0 unspecified atom stereocenters. The minimum Gasteiger partial charge on any atom is -0.550 e. The summed E-state index contributed by atoms with van der Waals surface area (Å²) in [7, 11) is 0. The lowest BCUT2D eigenvalue weighted by Gasteiger charge is -2.34. The molecule has 0 aromatic heterocycles. The Hall–Kier alpha value is -2.36. The lowest BCUT2D eigenvalue weighted by molar-refractivity contribution is -0.313. The number of hydrogen-bond acceptors (Lipinski definition) is 3. The van der Waals surface area contributed by atoms with Gasteiger partial charge in [-0.15, -0.1) is 0 Å². The molecule has 120 valence electrons. The molecule has 1 heterocycles.